The van der Waals surface area contributed by atoms with Crippen LogP contribution >= 0.6 is 11.3 Å². The Labute approximate surface area is 189 Å². The highest BCUT2D eigenvalue weighted by molar-refractivity contribution is 7.09. The molecule has 0 bridgehead atoms. The molecule has 4 heterocycles. The summed E-state index contributed by atoms with van der Waals surface area (Å²) < 4.78 is 12.7. The molecule has 9 heteroatoms. The lowest BCUT2D eigenvalue weighted by Crippen LogP contribution is -2.23. The van der Waals surface area contributed by atoms with Gasteiger partial charge < -0.3 is 19.7 Å². The Balaban J connectivity index is 1.37. The number of nitrogens with one attached hydrogen (secondary N) is 1. The van der Waals surface area contributed by atoms with Gasteiger partial charge in [0.15, 0.2) is 11.5 Å². The average Bonchev–Trinajstić information content (AvgIpc) is 3.55. The summed E-state index contributed by atoms with van der Waals surface area (Å²) in [7, 11) is 2.02. The van der Waals surface area contributed by atoms with Gasteiger partial charge in [-0.15, -0.1) is 11.3 Å². The van der Waals surface area contributed by atoms with Gasteiger partial charge in [-0.25, -0.2) is 9.97 Å². The van der Waals surface area contributed by atoms with Gasteiger partial charge in [0.2, 0.25) is 6.79 Å². The van der Waals surface area contributed by atoms with Crippen molar-refractivity contribution in [2.75, 3.05) is 18.7 Å². The number of pyridine rings is 1. The molecule has 1 aliphatic heterocycles. The molecule has 8 nitrogen and oxygen atoms in total. The zero-order chi connectivity index (χ0) is 22.1. The number of amides is 1. The molecule has 1 N–H and O–H groups in total. The first-order valence-corrected chi connectivity index (χ1v) is 11.3. The Bertz CT molecular complexity index is 1270. The van der Waals surface area contributed by atoms with Crippen molar-refractivity contribution in [2.45, 2.75) is 26.4 Å². The van der Waals surface area contributed by atoms with Crippen molar-refractivity contribution in [3.8, 4) is 11.5 Å². The van der Waals surface area contributed by atoms with Gasteiger partial charge in [-0.1, -0.05) is 13.0 Å². The van der Waals surface area contributed by atoms with E-state index in [1.165, 1.54) is 0 Å². The third-order valence-electron chi connectivity index (χ3n) is 5.37. The van der Waals surface area contributed by atoms with Crippen molar-refractivity contribution in [1.82, 2.24) is 19.7 Å². The average molecular weight is 450 g/mol. The van der Waals surface area contributed by atoms with Crippen molar-refractivity contribution < 1.29 is 14.3 Å². The summed E-state index contributed by atoms with van der Waals surface area (Å²) in [5.41, 5.74) is 3.32. The SMILES string of the molecule is CCc1nc2ccc(C(=O)NCc3ccc4c(c3)OCO4)cn2c1N(C)Cc1nccs1. The lowest BCUT2D eigenvalue weighted by atomic mass is 10.2. The topological polar surface area (TPSA) is 81.0 Å². The van der Waals surface area contributed by atoms with Gasteiger partial charge in [-0.3, -0.25) is 9.20 Å². The number of thiazole rings is 1. The van der Waals surface area contributed by atoms with E-state index in [0.717, 1.165) is 39.9 Å². The standard InChI is InChI=1S/C23H23N5O3S/c1-3-17-23(27(2)13-21-24-8-9-32-21)28-12-16(5-7-20(28)26-17)22(29)25-11-15-4-6-18-19(10-15)31-14-30-18/h4-10,12H,3,11,13-14H2,1-2H3,(H,25,29). The van der Waals surface area contributed by atoms with Crippen LogP contribution < -0.4 is 19.7 Å². The maximum Gasteiger partial charge on any atom is 0.253 e. The molecule has 0 radical (unpaired) electrons. The molecular weight excluding hydrogens is 426 g/mol. The number of aryl methyl sites for hydroxylation is 1. The summed E-state index contributed by atoms with van der Waals surface area (Å²) >= 11 is 1.62. The molecule has 0 saturated carbocycles. The van der Waals surface area contributed by atoms with E-state index in [1.54, 1.807) is 17.4 Å². The number of carbonyl (C=O) groups excluding carboxylic acids is 1. The number of aromatic nitrogens is 3. The summed E-state index contributed by atoms with van der Waals surface area (Å²) in [6, 6.07) is 9.36. The highest BCUT2D eigenvalue weighted by Crippen LogP contribution is 2.32. The van der Waals surface area contributed by atoms with E-state index in [-0.39, 0.29) is 12.7 Å². The lowest BCUT2D eigenvalue weighted by molar-refractivity contribution is 0.0950. The fourth-order valence-corrected chi connectivity index (χ4v) is 4.47. The Morgan fingerprint density at radius 3 is 2.94 bits per heavy atom. The van der Waals surface area contributed by atoms with Crippen molar-refractivity contribution in [1.29, 1.82) is 0 Å². The molecule has 0 atom stereocenters. The summed E-state index contributed by atoms with van der Waals surface area (Å²) in [5.74, 6) is 2.26. The van der Waals surface area contributed by atoms with Crippen LogP contribution in [0.15, 0.2) is 48.1 Å². The third kappa shape index (κ3) is 3.87. The Morgan fingerprint density at radius 1 is 1.25 bits per heavy atom. The Morgan fingerprint density at radius 2 is 2.12 bits per heavy atom. The minimum atomic E-state index is -0.148. The van der Waals surface area contributed by atoms with Gasteiger partial charge in [-0.05, 0) is 36.2 Å². The van der Waals surface area contributed by atoms with Crippen LogP contribution in [0.2, 0.25) is 0 Å². The van der Waals surface area contributed by atoms with E-state index in [4.69, 9.17) is 14.5 Å². The Kier molecular flexibility index (Phi) is 5.40. The van der Waals surface area contributed by atoms with Crippen molar-refractivity contribution >= 4 is 28.7 Å². The van der Waals surface area contributed by atoms with Crippen LogP contribution in [-0.4, -0.2) is 34.1 Å². The van der Waals surface area contributed by atoms with Crippen molar-refractivity contribution in [3.63, 3.8) is 0 Å². The smallest absolute Gasteiger partial charge is 0.253 e. The number of hydrogen-bond acceptors (Lipinski definition) is 7. The van der Waals surface area contributed by atoms with Crippen LogP contribution in [0, 0.1) is 0 Å². The molecular formula is C23H23N5O3S. The molecule has 0 saturated heterocycles. The normalized spacial score (nSPS) is 12.3. The fraction of sp³-hybridized carbons (Fsp3) is 0.261. The summed E-state index contributed by atoms with van der Waals surface area (Å²) in [4.78, 5) is 24.2. The number of ether oxygens (including phenoxy) is 2. The monoisotopic (exact) mass is 449 g/mol. The second-order valence-corrected chi connectivity index (χ2v) is 8.51. The minimum absolute atomic E-state index is 0.148. The maximum absolute atomic E-state index is 12.9. The van der Waals surface area contributed by atoms with Gasteiger partial charge in [0.25, 0.3) is 5.91 Å². The van der Waals surface area contributed by atoms with Crippen LogP contribution in [0.4, 0.5) is 5.82 Å². The molecule has 3 aromatic heterocycles. The van der Waals surface area contributed by atoms with Gasteiger partial charge in [0.05, 0.1) is 17.8 Å². The molecule has 5 rings (SSSR count). The number of benzene rings is 1. The molecule has 0 fully saturated rings. The number of nitrogens with zero attached hydrogens (tertiary/aromatic N) is 4. The minimum Gasteiger partial charge on any atom is -0.454 e. The lowest BCUT2D eigenvalue weighted by Gasteiger charge is -2.19. The number of carbonyl (C=O) groups is 1. The van der Waals surface area contributed by atoms with Gasteiger partial charge >= 0.3 is 0 Å². The molecule has 164 valence electrons. The van der Waals surface area contributed by atoms with Crippen LogP contribution in [0.25, 0.3) is 5.65 Å². The van der Waals surface area contributed by atoms with Crippen LogP contribution in [0.5, 0.6) is 11.5 Å². The van der Waals surface area contributed by atoms with E-state index < -0.39 is 0 Å². The molecule has 4 aromatic rings. The molecule has 0 spiro atoms. The number of rotatable bonds is 7. The Hall–Kier alpha value is -3.59. The quantitative estimate of drug-likeness (QED) is 0.464. The zero-order valence-electron chi connectivity index (χ0n) is 17.9. The molecule has 1 aliphatic rings. The van der Waals surface area contributed by atoms with E-state index in [9.17, 15) is 4.79 Å². The molecule has 1 aromatic carbocycles. The summed E-state index contributed by atoms with van der Waals surface area (Å²) in [5, 5.41) is 5.99. The zero-order valence-corrected chi connectivity index (χ0v) is 18.7. The third-order valence-corrected chi connectivity index (χ3v) is 6.13. The molecule has 1 amide bonds. The largest absolute Gasteiger partial charge is 0.454 e. The van der Waals surface area contributed by atoms with Gasteiger partial charge in [-0.2, -0.15) is 0 Å². The number of imidazole rings is 1. The first-order valence-electron chi connectivity index (χ1n) is 10.4. The van der Waals surface area contributed by atoms with E-state index in [1.807, 2.05) is 53.5 Å². The fourth-order valence-electron chi connectivity index (χ4n) is 3.80. The van der Waals surface area contributed by atoms with Gasteiger partial charge in [0.1, 0.15) is 16.5 Å². The first kappa shape index (κ1) is 20.3. The molecule has 0 aliphatic carbocycles. The first-order chi connectivity index (χ1) is 15.6. The number of fused-ring (bicyclic) bond motifs is 2. The van der Waals surface area contributed by atoms with E-state index >= 15 is 0 Å². The van der Waals surface area contributed by atoms with Crippen LogP contribution in [0.3, 0.4) is 0 Å². The maximum atomic E-state index is 12.9. The predicted molar refractivity (Wildman–Crippen MR) is 123 cm³/mol. The summed E-state index contributed by atoms with van der Waals surface area (Å²) in [6.07, 6.45) is 4.46. The number of hydrogen-bond donors (Lipinski definition) is 1. The predicted octanol–water partition coefficient (Wildman–Crippen LogP) is 3.65. The van der Waals surface area contributed by atoms with Crippen LogP contribution in [0.1, 0.15) is 33.5 Å². The van der Waals surface area contributed by atoms with Crippen molar-refractivity contribution in [2.24, 2.45) is 0 Å². The second kappa shape index (κ2) is 8.51. The van der Waals surface area contributed by atoms with E-state index in [2.05, 4.69) is 22.1 Å². The molecule has 32 heavy (non-hydrogen) atoms. The highest BCUT2D eigenvalue weighted by atomic mass is 32.1. The summed E-state index contributed by atoms with van der Waals surface area (Å²) in [6.45, 7) is 3.39. The highest BCUT2D eigenvalue weighted by Gasteiger charge is 2.18. The van der Waals surface area contributed by atoms with E-state index in [0.29, 0.717) is 24.4 Å². The number of anilines is 1. The van der Waals surface area contributed by atoms with Gasteiger partial charge in [0, 0.05) is 31.4 Å². The van der Waals surface area contributed by atoms with Crippen molar-refractivity contribution in [3.05, 3.63) is 69.9 Å². The van der Waals surface area contributed by atoms with Crippen LogP contribution in [-0.2, 0) is 19.5 Å². The second-order valence-electron chi connectivity index (χ2n) is 7.53. The molecule has 0 unspecified atom stereocenters.